The van der Waals surface area contributed by atoms with Gasteiger partial charge in [-0.3, -0.25) is 14.5 Å². The maximum atomic E-state index is 12.8. The molecule has 0 aromatic heterocycles. The van der Waals surface area contributed by atoms with Gasteiger partial charge in [0.2, 0.25) is 0 Å². The Labute approximate surface area is 204 Å². The van der Waals surface area contributed by atoms with E-state index in [0.29, 0.717) is 43.8 Å². The average molecular weight is 537 g/mol. The summed E-state index contributed by atoms with van der Waals surface area (Å²) in [6.07, 6.45) is 6.91. The molecule has 2 amide bonds. The Balaban J connectivity index is 1.71. The third-order valence-corrected chi connectivity index (χ3v) is 5.95. The molecule has 0 atom stereocenters. The van der Waals surface area contributed by atoms with Gasteiger partial charge in [-0.1, -0.05) is 17.5 Å². The van der Waals surface area contributed by atoms with Gasteiger partial charge in [0.05, 0.1) is 22.5 Å². The van der Waals surface area contributed by atoms with Crippen molar-refractivity contribution in [3.05, 3.63) is 56.4 Å². The van der Waals surface area contributed by atoms with Crippen LogP contribution in [0.2, 0.25) is 5.02 Å². The number of benzene rings is 2. The summed E-state index contributed by atoms with van der Waals surface area (Å²) in [4.78, 5) is 26.6. The van der Waals surface area contributed by atoms with E-state index in [9.17, 15) is 9.59 Å². The lowest BCUT2D eigenvalue weighted by molar-refractivity contribution is -0.123. The Kier molecular flexibility index (Phi) is 8.51. The van der Waals surface area contributed by atoms with E-state index in [2.05, 4.69) is 21.9 Å². The van der Waals surface area contributed by atoms with Crippen molar-refractivity contribution in [1.82, 2.24) is 4.90 Å². The maximum Gasteiger partial charge on any atom is 0.293 e. The molecule has 2 aromatic carbocycles. The summed E-state index contributed by atoms with van der Waals surface area (Å²) in [7, 11) is 0. The smallest absolute Gasteiger partial charge is 0.293 e. The molecule has 3 rings (SSSR count). The summed E-state index contributed by atoms with van der Waals surface area (Å²) < 4.78 is 17.4. The number of thioether (sulfide) groups is 1. The van der Waals surface area contributed by atoms with E-state index in [4.69, 9.17) is 32.2 Å². The second-order valence-electron chi connectivity index (χ2n) is 6.39. The molecule has 6 nitrogen and oxygen atoms in total. The number of imide groups is 1. The van der Waals surface area contributed by atoms with Gasteiger partial charge in [0.25, 0.3) is 11.1 Å². The topological polar surface area (TPSA) is 65.1 Å². The molecule has 0 bridgehead atoms. The van der Waals surface area contributed by atoms with Gasteiger partial charge >= 0.3 is 0 Å². The molecule has 1 heterocycles. The molecule has 0 saturated carbocycles. The van der Waals surface area contributed by atoms with Crippen LogP contribution < -0.4 is 14.2 Å². The molecule has 1 aliphatic heterocycles. The van der Waals surface area contributed by atoms with Crippen molar-refractivity contribution in [2.24, 2.45) is 0 Å². The van der Waals surface area contributed by atoms with Gasteiger partial charge in [-0.15, -0.1) is 6.42 Å². The minimum atomic E-state index is -0.374. The van der Waals surface area contributed by atoms with E-state index in [1.807, 2.05) is 6.92 Å². The summed E-state index contributed by atoms with van der Waals surface area (Å²) in [5.41, 5.74) is 0.677. The van der Waals surface area contributed by atoms with Crippen molar-refractivity contribution < 1.29 is 23.8 Å². The SMILES string of the molecule is C#CCOc1c(Br)cc(/C=C2\SC(=O)N(CCOc3ccc(Cl)cc3)C2=O)cc1OCC. The molecule has 0 spiro atoms. The number of ether oxygens (including phenoxy) is 3. The van der Waals surface area contributed by atoms with Gasteiger partial charge in [-0.05, 0) is 82.7 Å². The molecular formula is C23H19BrClNO5S. The number of terminal acetylenes is 1. The number of rotatable bonds is 9. The Hall–Kier alpha value is -2.60. The van der Waals surface area contributed by atoms with Crippen LogP contribution in [0.3, 0.4) is 0 Å². The molecule has 32 heavy (non-hydrogen) atoms. The lowest BCUT2D eigenvalue weighted by atomic mass is 10.2. The fraction of sp³-hybridized carbons (Fsp3) is 0.217. The maximum absolute atomic E-state index is 12.8. The Bertz CT molecular complexity index is 1080. The van der Waals surface area contributed by atoms with Crippen LogP contribution in [-0.4, -0.2) is 42.4 Å². The molecule has 1 aliphatic rings. The number of carbonyl (C=O) groups is 2. The van der Waals surface area contributed by atoms with Gasteiger partial charge in [0.15, 0.2) is 11.5 Å². The predicted molar refractivity (Wildman–Crippen MR) is 129 cm³/mol. The number of hydrogen-bond donors (Lipinski definition) is 0. The highest BCUT2D eigenvalue weighted by Crippen LogP contribution is 2.39. The monoisotopic (exact) mass is 535 g/mol. The van der Waals surface area contributed by atoms with Crippen LogP contribution in [0, 0.1) is 12.3 Å². The van der Waals surface area contributed by atoms with Crippen LogP contribution in [0.25, 0.3) is 6.08 Å². The van der Waals surface area contributed by atoms with Gasteiger partial charge in [-0.25, -0.2) is 0 Å². The molecule has 0 aliphatic carbocycles. The standard InChI is InChI=1S/C23H19BrClNO5S/c1-3-10-31-21-18(24)12-15(13-19(21)29-4-2)14-20-22(27)26(23(28)32-20)9-11-30-17-7-5-16(25)6-8-17/h1,5-8,12-14H,4,9-11H2,2H3/b20-14-. The average Bonchev–Trinajstić information content (AvgIpc) is 3.02. The van der Waals surface area contributed by atoms with Crippen molar-refractivity contribution in [1.29, 1.82) is 0 Å². The number of hydrogen-bond acceptors (Lipinski definition) is 6. The van der Waals surface area contributed by atoms with E-state index in [-0.39, 0.29) is 30.9 Å². The number of amides is 2. The third kappa shape index (κ3) is 6.00. The van der Waals surface area contributed by atoms with E-state index in [1.165, 1.54) is 0 Å². The lowest BCUT2D eigenvalue weighted by Crippen LogP contribution is -2.32. The minimum Gasteiger partial charge on any atom is -0.492 e. The van der Waals surface area contributed by atoms with Gasteiger partial charge < -0.3 is 14.2 Å². The van der Waals surface area contributed by atoms with Crippen LogP contribution in [0.15, 0.2) is 45.8 Å². The van der Waals surface area contributed by atoms with Gasteiger partial charge in [0.1, 0.15) is 19.0 Å². The van der Waals surface area contributed by atoms with E-state index >= 15 is 0 Å². The summed E-state index contributed by atoms with van der Waals surface area (Å²) >= 11 is 10.2. The Morgan fingerprint density at radius 3 is 2.62 bits per heavy atom. The van der Waals surface area contributed by atoms with Crippen molar-refractivity contribution in [3.63, 3.8) is 0 Å². The zero-order valence-electron chi connectivity index (χ0n) is 17.1. The molecule has 0 N–H and O–H groups in total. The third-order valence-electron chi connectivity index (χ3n) is 4.20. The second kappa shape index (κ2) is 11.3. The predicted octanol–water partition coefficient (Wildman–Crippen LogP) is 5.63. The fourth-order valence-corrected chi connectivity index (χ4v) is 4.38. The van der Waals surface area contributed by atoms with Crippen LogP contribution >= 0.6 is 39.3 Å². The summed E-state index contributed by atoms with van der Waals surface area (Å²) in [6, 6.07) is 10.4. The number of carbonyl (C=O) groups excluding carboxylic acids is 2. The van der Waals surface area contributed by atoms with Crippen molar-refractivity contribution in [2.75, 3.05) is 26.4 Å². The molecule has 0 radical (unpaired) electrons. The van der Waals surface area contributed by atoms with Gasteiger partial charge in [0, 0.05) is 5.02 Å². The molecule has 1 fully saturated rings. The zero-order valence-corrected chi connectivity index (χ0v) is 20.3. The minimum absolute atomic E-state index is 0.0923. The number of nitrogens with zero attached hydrogens (tertiary/aromatic N) is 1. The van der Waals surface area contributed by atoms with Gasteiger partial charge in [-0.2, -0.15) is 0 Å². The van der Waals surface area contributed by atoms with Crippen LogP contribution in [0.4, 0.5) is 4.79 Å². The molecule has 2 aromatic rings. The van der Waals surface area contributed by atoms with Crippen molar-refractivity contribution in [2.45, 2.75) is 6.92 Å². The zero-order chi connectivity index (χ0) is 23.1. The molecule has 1 saturated heterocycles. The molecule has 166 valence electrons. The summed E-state index contributed by atoms with van der Waals surface area (Å²) in [5, 5.41) is 0.252. The second-order valence-corrected chi connectivity index (χ2v) is 8.68. The first kappa shape index (κ1) is 24.1. The Morgan fingerprint density at radius 1 is 1.19 bits per heavy atom. The van der Waals surface area contributed by atoms with E-state index in [0.717, 1.165) is 16.7 Å². The highest BCUT2D eigenvalue weighted by molar-refractivity contribution is 9.10. The lowest BCUT2D eigenvalue weighted by Gasteiger charge is -2.14. The number of halogens is 2. The largest absolute Gasteiger partial charge is 0.492 e. The molecule has 0 unspecified atom stereocenters. The molecular weight excluding hydrogens is 518 g/mol. The van der Waals surface area contributed by atoms with Crippen LogP contribution in [0.1, 0.15) is 12.5 Å². The van der Waals surface area contributed by atoms with Crippen molar-refractivity contribution >= 4 is 56.5 Å². The fourth-order valence-electron chi connectivity index (χ4n) is 2.82. The summed E-state index contributed by atoms with van der Waals surface area (Å²) in [6.45, 7) is 2.68. The summed E-state index contributed by atoms with van der Waals surface area (Å²) in [5.74, 6) is 3.61. The normalized spacial score (nSPS) is 14.6. The first-order valence-electron chi connectivity index (χ1n) is 9.59. The Morgan fingerprint density at radius 2 is 1.94 bits per heavy atom. The first-order valence-corrected chi connectivity index (χ1v) is 11.6. The van der Waals surface area contributed by atoms with E-state index < -0.39 is 0 Å². The quantitative estimate of drug-likeness (QED) is 0.306. The highest BCUT2D eigenvalue weighted by atomic mass is 79.9. The van der Waals surface area contributed by atoms with Crippen LogP contribution in [0.5, 0.6) is 17.2 Å². The first-order chi connectivity index (χ1) is 15.4. The molecule has 9 heteroatoms. The highest BCUT2D eigenvalue weighted by Gasteiger charge is 2.34. The van der Waals surface area contributed by atoms with Crippen molar-refractivity contribution in [3.8, 4) is 29.6 Å². The van der Waals surface area contributed by atoms with Crippen LogP contribution in [-0.2, 0) is 4.79 Å². The van der Waals surface area contributed by atoms with E-state index in [1.54, 1.807) is 42.5 Å².